The van der Waals surface area contributed by atoms with E-state index in [1.54, 1.807) is 0 Å². The molecule has 0 radical (unpaired) electrons. The van der Waals surface area contributed by atoms with Gasteiger partial charge in [-0.15, -0.1) is 0 Å². The van der Waals surface area contributed by atoms with Crippen LogP contribution >= 0.6 is 7.81 Å². The van der Waals surface area contributed by atoms with E-state index in [1.165, 1.54) is 0 Å². The van der Waals surface area contributed by atoms with Crippen molar-refractivity contribution in [3.05, 3.63) is 30.1 Å². The minimum absolute atomic E-state index is 0. The molecule has 1 aromatic rings. The summed E-state index contributed by atoms with van der Waals surface area (Å²) in [5, 5.41) is 0. The summed E-state index contributed by atoms with van der Waals surface area (Å²) in [6.45, 7) is 2.10. The van der Waals surface area contributed by atoms with Gasteiger partial charge in [0.15, 0.2) is 0 Å². The Morgan fingerprint density at radius 1 is 1.13 bits per heavy atom. The molecule has 0 saturated heterocycles. The Morgan fingerprint density at radius 2 is 1.60 bits per heavy atom. The predicted molar refractivity (Wildman–Crippen MR) is 48.3 cm³/mol. The van der Waals surface area contributed by atoms with Gasteiger partial charge in [0.1, 0.15) is 0 Å². The van der Waals surface area contributed by atoms with Crippen molar-refractivity contribution in [3.8, 4) is 0 Å². The number of aromatic nitrogens is 1. The Morgan fingerprint density at radius 3 is 1.80 bits per heavy atom. The van der Waals surface area contributed by atoms with Gasteiger partial charge in [-0.3, -0.25) is 4.98 Å². The first-order valence-electron chi connectivity index (χ1n) is 3.85. The summed E-state index contributed by atoms with van der Waals surface area (Å²) in [7, 11) is -10.7. The van der Waals surface area contributed by atoms with Gasteiger partial charge in [0.25, 0.3) is 0 Å². The summed E-state index contributed by atoms with van der Waals surface area (Å²) in [6.07, 6.45) is 2.85. The summed E-state index contributed by atoms with van der Waals surface area (Å²) in [4.78, 5) is 4.10. The average Bonchev–Trinajstić information content (AvgIpc) is 2.00. The van der Waals surface area contributed by atoms with Crippen molar-refractivity contribution in [3.63, 3.8) is 0 Å². The first-order chi connectivity index (χ1) is 6.38. The summed E-state index contributed by atoms with van der Waals surface area (Å²) < 4.78 is 59.2. The third-order valence-corrected chi connectivity index (χ3v) is 1.09. The summed E-state index contributed by atoms with van der Waals surface area (Å²) >= 11 is 0. The standard InChI is InChI=1S/C7H9N.F6P/c1-2-7-5-3-4-6-8-7;1-7(2,3,4,5)6/h3-6H,2H2,1H3;/q;-1/p+1. The molecule has 0 amide bonds. The summed E-state index contributed by atoms with van der Waals surface area (Å²) in [6, 6.07) is 5.96. The molecular weight excluding hydrogens is 243 g/mol. The van der Waals surface area contributed by atoms with Crippen LogP contribution in [0.25, 0.3) is 0 Å². The summed E-state index contributed by atoms with van der Waals surface area (Å²) in [5.41, 5.74) is 1.16. The molecule has 1 nitrogen and oxygen atoms in total. The van der Waals surface area contributed by atoms with E-state index in [-0.39, 0.29) is 1.43 Å². The first-order valence-corrected chi connectivity index (χ1v) is 5.87. The van der Waals surface area contributed by atoms with E-state index >= 15 is 0 Å². The monoisotopic (exact) mass is 253 g/mol. The molecule has 0 atom stereocenters. The molecule has 0 fully saturated rings. The van der Waals surface area contributed by atoms with Gasteiger partial charge in [-0.05, 0) is 18.6 Å². The van der Waals surface area contributed by atoms with Gasteiger partial charge in [-0.25, -0.2) is 0 Å². The number of aryl methyl sites for hydroxylation is 1. The second-order valence-electron chi connectivity index (χ2n) is 2.63. The zero-order chi connectivity index (χ0) is 12.2. The fourth-order valence-corrected chi connectivity index (χ4v) is 0.607. The van der Waals surface area contributed by atoms with Crippen molar-refractivity contribution >= 4 is 7.81 Å². The largest absolute Gasteiger partial charge is 1.00 e. The third-order valence-electron chi connectivity index (χ3n) is 1.09. The maximum atomic E-state index is 9.87. The molecule has 0 saturated carbocycles. The van der Waals surface area contributed by atoms with Crippen LogP contribution in [-0.4, -0.2) is 4.98 Å². The molecule has 90 valence electrons. The number of rotatable bonds is 1. The van der Waals surface area contributed by atoms with Crippen molar-refractivity contribution in [2.24, 2.45) is 0 Å². The van der Waals surface area contributed by atoms with Crippen molar-refractivity contribution in [2.45, 2.75) is 13.3 Å². The van der Waals surface area contributed by atoms with Gasteiger partial charge in [-0.2, -0.15) is 0 Å². The maximum absolute atomic E-state index is 10.7. The molecule has 1 rings (SSSR count). The Kier molecular flexibility index (Phi) is 3.42. The molecule has 0 aliphatic rings. The van der Waals surface area contributed by atoms with E-state index in [2.05, 4.69) is 11.9 Å². The zero-order valence-electron chi connectivity index (χ0n) is 8.68. The van der Waals surface area contributed by atoms with Crippen LogP contribution in [0.5, 0.6) is 0 Å². The zero-order valence-corrected chi connectivity index (χ0v) is 8.57. The number of hydrogen-bond donors (Lipinski definition) is 0. The minimum atomic E-state index is -10.7. The Bertz CT molecular complexity index is 297. The fourth-order valence-electron chi connectivity index (χ4n) is 0.607. The third kappa shape index (κ3) is 19.5. The minimum Gasteiger partial charge on any atom is 1.00 e. The van der Waals surface area contributed by atoms with Gasteiger partial charge in [0.05, 0.1) is 0 Å². The van der Waals surface area contributed by atoms with Crippen LogP contribution in [0.2, 0.25) is 0 Å². The van der Waals surface area contributed by atoms with Crippen LogP contribution in [0, 0.1) is 0 Å². The van der Waals surface area contributed by atoms with Crippen LogP contribution in [0.15, 0.2) is 24.4 Å². The Labute approximate surface area is 83.9 Å². The molecule has 0 aliphatic carbocycles. The second-order valence-corrected chi connectivity index (χ2v) is 4.55. The SMILES string of the molecule is CCc1ccccn1.F[P-](F)(F)(F)(F)F.[H+]. The van der Waals surface area contributed by atoms with E-state index in [4.69, 9.17) is 0 Å². The number of hydrogen-bond acceptors (Lipinski definition) is 1. The Hall–Kier alpha value is -0.840. The van der Waals surface area contributed by atoms with Crippen LogP contribution in [0.1, 0.15) is 14.0 Å². The van der Waals surface area contributed by atoms with Gasteiger partial charge in [0.2, 0.25) is 0 Å². The van der Waals surface area contributed by atoms with Crippen LogP contribution in [-0.2, 0) is 6.42 Å². The molecule has 0 spiro atoms. The topological polar surface area (TPSA) is 12.9 Å². The smallest absolute Gasteiger partial charge is 1.00 e. The van der Waals surface area contributed by atoms with Gasteiger partial charge >= 0.3 is 34.4 Å². The van der Waals surface area contributed by atoms with E-state index in [0.717, 1.165) is 12.1 Å². The van der Waals surface area contributed by atoms with E-state index < -0.39 is 7.81 Å². The molecule has 0 aliphatic heterocycles. The van der Waals surface area contributed by atoms with E-state index in [9.17, 15) is 25.2 Å². The molecule has 8 heteroatoms. The molecular formula is C7H10F6NP. The van der Waals surface area contributed by atoms with Crippen molar-refractivity contribution in [2.75, 3.05) is 0 Å². The molecule has 0 bridgehead atoms. The molecule has 0 N–H and O–H groups in total. The summed E-state index contributed by atoms with van der Waals surface area (Å²) in [5.74, 6) is 0. The van der Waals surface area contributed by atoms with Crippen molar-refractivity contribution in [1.29, 1.82) is 0 Å². The maximum Gasteiger partial charge on any atom is 1.00 e. The number of pyridine rings is 1. The molecule has 15 heavy (non-hydrogen) atoms. The predicted octanol–water partition coefficient (Wildman–Crippen LogP) is 5.14. The van der Waals surface area contributed by atoms with Crippen molar-refractivity contribution < 1.29 is 26.6 Å². The average molecular weight is 253 g/mol. The van der Waals surface area contributed by atoms with Crippen LogP contribution < -0.4 is 0 Å². The Balaban J connectivity index is 0. The van der Waals surface area contributed by atoms with E-state index in [0.29, 0.717) is 0 Å². The van der Waals surface area contributed by atoms with Crippen LogP contribution in [0.3, 0.4) is 0 Å². The van der Waals surface area contributed by atoms with Gasteiger partial charge < -0.3 is 0 Å². The van der Waals surface area contributed by atoms with Gasteiger partial charge in [0, 0.05) is 11.9 Å². The molecule has 0 unspecified atom stereocenters. The second kappa shape index (κ2) is 3.63. The quantitative estimate of drug-likeness (QED) is 0.498. The molecule has 1 heterocycles. The molecule has 0 aromatic carbocycles. The first kappa shape index (κ1) is 14.2. The normalized spacial score (nSPS) is 15.7. The van der Waals surface area contributed by atoms with E-state index in [1.807, 2.05) is 24.4 Å². The number of halogens is 6. The van der Waals surface area contributed by atoms with Gasteiger partial charge in [-0.1, -0.05) is 13.0 Å². The fraction of sp³-hybridized carbons (Fsp3) is 0.286. The molecule has 1 aromatic heterocycles. The van der Waals surface area contributed by atoms with Crippen molar-refractivity contribution in [1.82, 2.24) is 4.98 Å². The van der Waals surface area contributed by atoms with Crippen LogP contribution in [0.4, 0.5) is 25.2 Å². The number of nitrogens with zero attached hydrogens (tertiary/aromatic N) is 1.